The van der Waals surface area contributed by atoms with Gasteiger partial charge in [-0.3, -0.25) is 13.8 Å². The number of aliphatic hydroxyl groups is 1. The van der Waals surface area contributed by atoms with Crippen LogP contribution >= 0.6 is 7.82 Å². The van der Waals surface area contributed by atoms with Crippen molar-refractivity contribution in [2.24, 2.45) is 0 Å². The number of amides is 1. The maximum Gasteiger partial charge on any atom is 0.472 e. The number of carbonyl (C=O) groups is 1. The number of nitrogens with zero attached hydrogens (tertiary/aromatic N) is 1. The van der Waals surface area contributed by atoms with Crippen LogP contribution in [0.5, 0.6) is 0 Å². The average molecular weight is 1170 g/mol. The van der Waals surface area contributed by atoms with E-state index < -0.39 is 20.0 Å². The molecule has 1 amide bonds. The summed E-state index contributed by atoms with van der Waals surface area (Å²) >= 11 is 0. The lowest BCUT2D eigenvalue weighted by molar-refractivity contribution is -0.870. The van der Waals surface area contributed by atoms with E-state index in [1.807, 2.05) is 21.1 Å². The first-order valence-electron chi connectivity index (χ1n) is 36.0. The van der Waals surface area contributed by atoms with E-state index in [0.29, 0.717) is 23.9 Å². The minimum Gasteiger partial charge on any atom is -0.391 e. The highest BCUT2D eigenvalue weighted by atomic mass is 31.2. The van der Waals surface area contributed by atoms with E-state index in [9.17, 15) is 19.4 Å². The summed E-state index contributed by atoms with van der Waals surface area (Å²) in [7, 11) is 1.63. The molecule has 3 N–H and O–H groups in total. The molecule has 0 saturated carbocycles. The molecule has 0 radical (unpaired) electrons. The second-order valence-electron chi connectivity index (χ2n) is 25.9. The fourth-order valence-electron chi connectivity index (χ4n) is 11.0. The largest absolute Gasteiger partial charge is 0.472 e. The van der Waals surface area contributed by atoms with Crippen molar-refractivity contribution in [3.05, 3.63) is 48.6 Å². The number of phosphoric ester groups is 1. The quantitative estimate of drug-likeness (QED) is 0.0243. The standard InChI is InChI=1S/C73H141N2O6P/c1-6-8-10-12-14-16-18-20-22-24-26-27-28-29-30-31-32-33-34-35-36-37-38-39-40-41-42-43-44-45-46-47-49-51-53-55-57-59-61-63-65-67-73(77)74-71(70-81-82(78,79)80-69-68-75(3,4)5)72(76)66-64-62-60-58-56-54-52-50-48-25-23-21-19-17-15-13-11-9-7-2/h8,10,14,16,20,22,26-27,71-72,76H,6-7,9,11-13,15,17-19,21,23-25,28-70H2,1-5H3,(H-,74,77,78,79)/p+1/b10-8-,16-14-,22-20-,27-26-. The number of unbranched alkanes of at least 4 members (excludes halogenated alkanes) is 46. The lowest BCUT2D eigenvalue weighted by Crippen LogP contribution is -2.46. The van der Waals surface area contributed by atoms with Crippen molar-refractivity contribution in [1.29, 1.82) is 0 Å². The van der Waals surface area contributed by atoms with Gasteiger partial charge < -0.3 is 19.8 Å². The summed E-state index contributed by atoms with van der Waals surface area (Å²) < 4.78 is 23.9. The first-order valence-corrected chi connectivity index (χ1v) is 37.5. The van der Waals surface area contributed by atoms with Crippen LogP contribution in [0, 0.1) is 0 Å². The number of aliphatic hydroxyl groups excluding tert-OH is 1. The SMILES string of the molecule is CC/C=C\C/C=C\C/C=C\C/C=C\CCCCCCCCCCCCCCCCCCCCCCCCCCCCCCC(=O)NC(COP(=O)(O)OCC[N+](C)(C)C)C(O)CCCCCCCCCCCCCCCCCCCCC. The zero-order chi connectivity index (χ0) is 59.8. The van der Waals surface area contributed by atoms with E-state index in [4.69, 9.17) is 9.05 Å². The van der Waals surface area contributed by atoms with E-state index in [0.717, 1.165) is 64.2 Å². The zero-order valence-corrected chi connectivity index (χ0v) is 56.4. The van der Waals surface area contributed by atoms with Crippen LogP contribution in [0.4, 0.5) is 0 Å². The van der Waals surface area contributed by atoms with Gasteiger partial charge in [0.1, 0.15) is 13.2 Å². The van der Waals surface area contributed by atoms with Gasteiger partial charge in [0.05, 0.1) is 39.9 Å². The Morgan fingerprint density at radius 2 is 0.732 bits per heavy atom. The molecule has 0 heterocycles. The van der Waals surface area contributed by atoms with Gasteiger partial charge in [-0.05, 0) is 51.4 Å². The van der Waals surface area contributed by atoms with E-state index in [-0.39, 0.29) is 19.1 Å². The van der Waals surface area contributed by atoms with Crippen LogP contribution < -0.4 is 5.32 Å². The molecular formula is C73H142N2O6P+. The molecule has 0 spiro atoms. The summed E-state index contributed by atoms with van der Waals surface area (Å²) in [5.74, 6) is -0.136. The van der Waals surface area contributed by atoms with Crippen LogP contribution in [0.3, 0.4) is 0 Å². The number of carbonyl (C=O) groups excluding carboxylic acids is 1. The predicted octanol–water partition coefficient (Wildman–Crippen LogP) is 23.0. The number of likely N-dealkylation sites (N-methyl/N-ethyl adjacent to an activating group) is 1. The Bertz CT molecular complexity index is 1480. The van der Waals surface area contributed by atoms with Gasteiger partial charge in [0, 0.05) is 6.42 Å². The van der Waals surface area contributed by atoms with Crippen molar-refractivity contribution < 1.29 is 32.9 Å². The highest BCUT2D eigenvalue weighted by molar-refractivity contribution is 7.47. The molecule has 82 heavy (non-hydrogen) atoms. The van der Waals surface area contributed by atoms with Gasteiger partial charge in [-0.25, -0.2) is 4.57 Å². The summed E-state index contributed by atoms with van der Waals surface area (Å²) in [5, 5.41) is 14.1. The Hall–Kier alpha value is -1.54. The van der Waals surface area contributed by atoms with Gasteiger partial charge >= 0.3 is 7.82 Å². The molecule has 3 atom stereocenters. The Balaban J connectivity index is 3.86. The fourth-order valence-corrected chi connectivity index (χ4v) is 11.8. The third-order valence-corrected chi connectivity index (χ3v) is 17.6. The Kier molecular flexibility index (Phi) is 62.7. The minimum absolute atomic E-state index is 0.0773. The van der Waals surface area contributed by atoms with Crippen LogP contribution in [0.15, 0.2) is 48.6 Å². The molecular weight excluding hydrogens is 1030 g/mol. The normalized spacial score (nSPS) is 13.9. The lowest BCUT2D eigenvalue weighted by Gasteiger charge is -2.26. The molecule has 0 aliphatic carbocycles. The van der Waals surface area contributed by atoms with Crippen LogP contribution in [-0.4, -0.2) is 73.4 Å². The zero-order valence-electron chi connectivity index (χ0n) is 55.5. The van der Waals surface area contributed by atoms with Crippen molar-refractivity contribution in [1.82, 2.24) is 5.32 Å². The predicted molar refractivity (Wildman–Crippen MR) is 360 cm³/mol. The molecule has 484 valence electrons. The Morgan fingerprint density at radius 3 is 1.07 bits per heavy atom. The molecule has 0 rings (SSSR count). The highest BCUT2D eigenvalue weighted by Gasteiger charge is 2.28. The average Bonchev–Trinajstić information content (AvgIpc) is 3.47. The maximum absolute atomic E-state index is 13.1. The topological polar surface area (TPSA) is 105 Å². The van der Waals surface area contributed by atoms with Gasteiger partial charge in [-0.1, -0.05) is 351 Å². The van der Waals surface area contributed by atoms with E-state index in [1.54, 1.807) is 0 Å². The van der Waals surface area contributed by atoms with Crippen LogP contribution in [0.25, 0.3) is 0 Å². The highest BCUT2D eigenvalue weighted by Crippen LogP contribution is 2.43. The van der Waals surface area contributed by atoms with Crippen LogP contribution in [-0.2, 0) is 18.4 Å². The number of rotatable bonds is 67. The van der Waals surface area contributed by atoms with Crippen molar-refractivity contribution in [3.8, 4) is 0 Å². The van der Waals surface area contributed by atoms with Gasteiger partial charge in [0.15, 0.2) is 0 Å². The van der Waals surface area contributed by atoms with Gasteiger partial charge in [-0.15, -0.1) is 0 Å². The van der Waals surface area contributed by atoms with Gasteiger partial charge in [-0.2, -0.15) is 0 Å². The van der Waals surface area contributed by atoms with Crippen LogP contribution in [0.2, 0.25) is 0 Å². The molecule has 0 aliphatic heterocycles. The molecule has 0 saturated heterocycles. The van der Waals surface area contributed by atoms with E-state index in [1.165, 1.54) is 270 Å². The summed E-state index contributed by atoms with van der Waals surface area (Å²) in [4.78, 5) is 23.4. The maximum atomic E-state index is 13.1. The van der Waals surface area contributed by atoms with Gasteiger partial charge in [0.25, 0.3) is 0 Å². The summed E-state index contributed by atoms with van der Waals surface area (Å²) in [5.41, 5.74) is 0. The molecule has 0 fully saturated rings. The molecule has 0 aromatic carbocycles. The number of quaternary nitrogens is 1. The third kappa shape index (κ3) is 66.0. The summed E-state index contributed by atoms with van der Waals surface area (Å²) in [6.07, 6.45) is 86.6. The van der Waals surface area contributed by atoms with Crippen molar-refractivity contribution in [2.45, 2.75) is 373 Å². The number of hydrogen-bond acceptors (Lipinski definition) is 5. The van der Waals surface area contributed by atoms with Crippen molar-refractivity contribution in [2.75, 3.05) is 40.9 Å². The molecule has 3 unspecified atom stereocenters. The Morgan fingerprint density at radius 1 is 0.427 bits per heavy atom. The van der Waals surface area contributed by atoms with Crippen molar-refractivity contribution >= 4 is 13.7 Å². The monoisotopic (exact) mass is 1170 g/mol. The number of nitrogens with one attached hydrogen (secondary N) is 1. The number of hydrogen-bond donors (Lipinski definition) is 3. The second-order valence-corrected chi connectivity index (χ2v) is 27.4. The molecule has 9 heteroatoms. The molecule has 0 aromatic rings. The molecule has 0 bridgehead atoms. The Labute approximate surface area is 511 Å². The van der Waals surface area contributed by atoms with E-state index in [2.05, 4.69) is 67.8 Å². The summed E-state index contributed by atoms with van der Waals surface area (Å²) in [6, 6.07) is -0.759. The first-order chi connectivity index (χ1) is 40.0. The van der Waals surface area contributed by atoms with E-state index >= 15 is 0 Å². The summed E-state index contributed by atoms with van der Waals surface area (Å²) in [6.45, 7) is 4.83. The molecule has 8 nitrogen and oxygen atoms in total. The molecule has 0 aliphatic rings. The number of allylic oxidation sites excluding steroid dienone is 8. The number of phosphoric acid groups is 1. The smallest absolute Gasteiger partial charge is 0.391 e. The van der Waals surface area contributed by atoms with Gasteiger partial charge in [0.2, 0.25) is 5.91 Å². The lowest BCUT2D eigenvalue weighted by atomic mass is 10.0. The fraction of sp³-hybridized carbons (Fsp3) is 0.877. The van der Waals surface area contributed by atoms with Crippen LogP contribution in [0.1, 0.15) is 361 Å². The molecule has 0 aromatic heterocycles. The first kappa shape index (κ1) is 80.5. The van der Waals surface area contributed by atoms with Crippen molar-refractivity contribution in [3.63, 3.8) is 0 Å². The third-order valence-electron chi connectivity index (χ3n) is 16.6. The minimum atomic E-state index is -4.33. The second kappa shape index (κ2) is 63.9.